The molecule has 0 spiro atoms. The molecule has 2 heterocycles. The first-order valence-corrected chi connectivity index (χ1v) is 5.82. The minimum atomic E-state index is 0.126. The molecule has 2 aromatic heterocycles. The van der Waals surface area contributed by atoms with Crippen molar-refractivity contribution in [2.24, 2.45) is 0 Å². The number of rotatable bonds is 2. The van der Waals surface area contributed by atoms with Crippen LogP contribution in [0.3, 0.4) is 0 Å². The van der Waals surface area contributed by atoms with Gasteiger partial charge in [0.25, 0.3) is 5.88 Å². The predicted molar refractivity (Wildman–Crippen MR) is 73.0 cm³/mol. The van der Waals surface area contributed by atoms with Gasteiger partial charge in [-0.25, -0.2) is 9.97 Å². The van der Waals surface area contributed by atoms with E-state index in [9.17, 15) is 0 Å². The Morgan fingerprint density at radius 2 is 1.90 bits per heavy atom. The second-order valence-electron chi connectivity index (χ2n) is 3.98. The Hall–Kier alpha value is -3.20. The van der Waals surface area contributed by atoms with E-state index in [1.54, 1.807) is 24.4 Å². The Kier molecular flexibility index (Phi) is 2.86. The van der Waals surface area contributed by atoms with Gasteiger partial charge in [-0.05, 0) is 24.3 Å². The molecule has 0 amide bonds. The zero-order valence-corrected chi connectivity index (χ0v) is 10.3. The van der Waals surface area contributed by atoms with Gasteiger partial charge in [-0.15, -0.1) is 0 Å². The molecule has 0 radical (unpaired) electrons. The van der Waals surface area contributed by atoms with Crippen LogP contribution in [0.2, 0.25) is 0 Å². The van der Waals surface area contributed by atoms with Gasteiger partial charge in [0.15, 0.2) is 0 Å². The first-order valence-electron chi connectivity index (χ1n) is 5.82. The van der Waals surface area contributed by atoms with E-state index >= 15 is 0 Å². The van der Waals surface area contributed by atoms with Crippen molar-refractivity contribution in [2.75, 3.05) is 5.73 Å². The molecular weight excluding hydrogens is 254 g/mol. The second kappa shape index (κ2) is 4.82. The molecule has 3 rings (SSSR count). The number of fused-ring (bicyclic) bond motifs is 1. The van der Waals surface area contributed by atoms with Gasteiger partial charge in [-0.2, -0.15) is 5.26 Å². The van der Waals surface area contributed by atoms with E-state index in [1.807, 2.05) is 12.1 Å². The number of nitrogens with two attached hydrogens (primary N) is 1. The number of nitrogen functional groups attached to an aromatic ring is 1. The van der Waals surface area contributed by atoms with E-state index in [-0.39, 0.29) is 11.6 Å². The second-order valence-corrected chi connectivity index (χ2v) is 3.98. The Bertz CT molecular complexity index is 825. The number of benzene rings is 1. The fourth-order valence-corrected chi connectivity index (χ4v) is 1.84. The summed E-state index contributed by atoms with van der Waals surface area (Å²) in [6.45, 7) is 0. The van der Waals surface area contributed by atoms with E-state index in [0.29, 0.717) is 17.0 Å². The summed E-state index contributed by atoms with van der Waals surface area (Å²) < 4.78 is 5.68. The van der Waals surface area contributed by atoms with Crippen molar-refractivity contribution in [3.8, 4) is 17.7 Å². The molecule has 0 bridgehead atoms. The highest BCUT2D eigenvalue weighted by Crippen LogP contribution is 2.31. The van der Waals surface area contributed by atoms with Gasteiger partial charge in [-0.3, -0.25) is 4.98 Å². The number of aromatic nitrogens is 3. The molecule has 2 N–H and O–H groups in total. The lowest BCUT2D eigenvalue weighted by Crippen LogP contribution is -1.96. The van der Waals surface area contributed by atoms with Crippen molar-refractivity contribution >= 4 is 16.6 Å². The number of pyridine rings is 1. The number of ether oxygens (including phenoxy) is 1. The van der Waals surface area contributed by atoms with Crippen molar-refractivity contribution in [1.82, 2.24) is 15.0 Å². The molecular formula is C14H9N5O. The molecule has 0 unspecified atom stereocenters. The van der Waals surface area contributed by atoms with E-state index in [2.05, 4.69) is 15.0 Å². The monoisotopic (exact) mass is 263 g/mol. The van der Waals surface area contributed by atoms with E-state index in [0.717, 1.165) is 5.39 Å². The first kappa shape index (κ1) is 11.9. The quantitative estimate of drug-likeness (QED) is 0.712. The van der Waals surface area contributed by atoms with Gasteiger partial charge >= 0.3 is 0 Å². The Morgan fingerprint density at radius 1 is 1.05 bits per heavy atom. The molecule has 3 aromatic rings. The molecule has 6 heteroatoms. The van der Waals surface area contributed by atoms with E-state index in [1.165, 1.54) is 12.4 Å². The van der Waals surface area contributed by atoms with Crippen LogP contribution in [0.4, 0.5) is 5.69 Å². The Morgan fingerprint density at radius 3 is 2.75 bits per heavy atom. The van der Waals surface area contributed by atoms with Crippen LogP contribution >= 0.6 is 0 Å². The van der Waals surface area contributed by atoms with E-state index in [4.69, 9.17) is 15.7 Å². The number of nitrogens with zero attached hydrogens (tertiary/aromatic N) is 4. The average molecular weight is 263 g/mol. The van der Waals surface area contributed by atoms with Gasteiger partial charge in [0, 0.05) is 24.0 Å². The zero-order chi connectivity index (χ0) is 13.9. The van der Waals surface area contributed by atoms with Crippen LogP contribution in [0.1, 0.15) is 5.69 Å². The molecule has 0 aliphatic carbocycles. The number of anilines is 1. The maximum absolute atomic E-state index is 8.99. The highest BCUT2D eigenvalue weighted by atomic mass is 16.5. The summed E-state index contributed by atoms with van der Waals surface area (Å²) in [6.07, 6.45) is 4.56. The highest BCUT2D eigenvalue weighted by Gasteiger charge is 2.11. The molecule has 0 atom stereocenters. The predicted octanol–water partition coefficient (Wildman–Crippen LogP) is 2.27. The number of nitriles is 1. The maximum atomic E-state index is 8.99. The number of hydrogen-bond donors (Lipinski definition) is 1. The molecule has 0 aliphatic heterocycles. The number of hydrogen-bond acceptors (Lipinski definition) is 6. The molecule has 96 valence electrons. The van der Waals surface area contributed by atoms with Crippen molar-refractivity contribution in [1.29, 1.82) is 5.26 Å². The highest BCUT2D eigenvalue weighted by molar-refractivity contribution is 5.93. The Labute approximate surface area is 114 Å². The van der Waals surface area contributed by atoms with Crippen LogP contribution in [0.15, 0.2) is 42.9 Å². The van der Waals surface area contributed by atoms with E-state index < -0.39 is 0 Å². The minimum Gasteiger partial charge on any atom is -0.436 e. The van der Waals surface area contributed by atoms with Crippen molar-refractivity contribution in [3.63, 3.8) is 0 Å². The van der Waals surface area contributed by atoms with Gasteiger partial charge in [0.05, 0.1) is 11.2 Å². The Balaban J connectivity index is 2.12. The standard InChI is InChI=1S/C14H9N5O/c15-8-11-14(19-7-6-17-11)20-12-4-3-10(16)13-9(12)2-1-5-18-13/h1-7H,16H2. The van der Waals surface area contributed by atoms with Crippen LogP contribution in [0, 0.1) is 11.3 Å². The molecule has 20 heavy (non-hydrogen) atoms. The normalized spacial score (nSPS) is 10.2. The minimum absolute atomic E-state index is 0.126. The smallest absolute Gasteiger partial charge is 0.256 e. The molecule has 0 saturated heterocycles. The topological polar surface area (TPSA) is 97.7 Å². The third kappa shape index (κ3) is 1.97. The molecule has 6 nitrogen and oxygen atoms in total. The lowest BCUT2D eigenvalue weighted by Gasteiger charge is -2.09. The summed E-state index contributed by atoms with van der Waals surface area (Å²) in [5.41, 5.74) is 7.21. The third-order valence-electron chi connectivity index (χ3n) is 2.74. The fraction of sp³-hybridized carbons (Fsp3) is 0. The van der Waals surface area contributed by atoms with Gasteiger partial charge < -0.3 is 10.5 Å². The average Bonchev–Trinajstić information content (AvgIpc) is 2.51. The van der Waals surface area contributed by atoms with Crippen molar-refractivity contribution in [3.05, 3.63) is 48.5 Å². The molecule has 0 aliphatic rings. The fourth-order valence-electron chi connectivity index (χ4n) is 1.84. The van der Waals surface area contributed by atoms with Gasteiger partial charge in [0.2, 0.25) is 5.69 Å². The molecule has 1 aromatic carbocycles. The summed E-state index contributed by atoms with van der Waals surface area (Å²) in [5.74, 6) is 0.684. The van der Waals surface area contributed by atoms with Crippen LogP contribution in [-0.4, -0.2) is 15.0 Å². The summed E-state index contributed by atoms with van der Waals surface area (Å²) in [4.78, 5) is 12.1. The van der Waals surface area contributed by atoms with Crippen LogP contribution < -0.4 is 10.5 Å². The summed E-state index contributed by atoms with van der Waals surface area (Å²) in [6, 6.07) is 8.99. The lowest BCUT2D eigenvalue weighted by atomic mass is 10.2. The summed E-state index contributed by atoms with van der Waals surface area (Å²) >= 11 is 0. The van der Waals surface area contributed by atoms with Crippen molar-refractivity contribution < 1.29 is 4.74 Å². The maximum Gasteiger partial charge on any atom is 0.256 e. The van der Waals surface area contributed by atoms with Crippen LogP contribution in [0.5, 0.6) is 11.6 Å². The van der Waals surface area contributed by atoms with Crippen LogP contribution in [0.25, 0.3) is 10.9 Å². The molecule has 0 saturated carbocycles. The SMILES string of the molecule is N#Cc1nccnc1Oc1ccc(N)c2ncccc12. The largest absolute Gasteiger partial charge is 0.436 e. The lowest BCUT2D eigenvalue weighted by molar-refractivity contribution is 0.463. The molecule has 0 fully saturated rings. The van der Waals surface area contributed by atoms with Crippen molar-refractivity contribution in [2.45, 2.75) is 0 Å². The zero-order valence-electron chi connectivity index (χ0n) is 10.3. The van der Waals surface area contributed by atoms with Gasteiger partial charge in [-0.1, -0.05) is 0 Å². The third-order valence-corrected chi connectivity index (χ3v) is 2.74. The van der Waals surface area contributed by atoms with Crippen LogP contribution in [-0.2, 0) is 0 Å². The first-order chi connectivity index (χ1) is 9.79. The summed E-state index contributed by atoms with van der Waals surface area (Å²) in [7, 11) is 0. The summed E-state index contributed by atoms with van der Waals surface area (Å²) in [5, 5.41) is 9.74. The van der Waals surface area contributed by atoms with Gasteiger partial charge in [0.1, 0.15) is 11.8 Å².